The van der Waals surface area contributed by atoms with Crippen molar-refractivity contribution in [1.29, 1.82) is 0 Å². The first-order valence-electron chi connectivity index (χ1n) is 6.38. The van der Waals surface area contributed by atoms with Crippen molar-refractivity contribution in [2.75, 3.05) is 13.8 Å². The zero-order valence-electron chi connectivity index (χ0n) is 11.4. The van der Waals surface area contributed by atoms with Crippen LogP contribution in [-0.4, -0.2) is 25.3 Å². The lowest BCUT2D eigenvalue weighted by atomic mass is 9.90. The van der Waals surface area contributed by atoms with E-state index in [0.29, 0.717) is 6.42 Å². The van der Waals surface area contributed by atoms with Crippen LogP contribution in [-0.2, 0) is 11.2 Å². The van der Waals surface area contributed by atoms with Gasteiger partial charge in [0.05, 0.1) is 0 Å². The van der Waals surface area contributed by atoms with Crippen LogP contribution in [0, 0.1) is 0 Å². The summed E-state index contributed by atoms with van der Waals surface area (Å²) in [5.74, 6) is 1.29. The maximum atomic E-state index is 11.1. The van der Waals surface area contributed by atoms with Gasteiger partial charge >= 0.3 is 0 Å². The number of hydrogen-bond acceptors (Lipinski definition) is 4. The van der Waals surface area contributed by atoms with Gasteiger partial charge in [-0.25, -0.2) is 0 Å². The van der Waals surface area contributed by atoms with Gasteiger partial charge in [0, 0.05) is 12.0 Å². The van der Waals surface area contributed by atoms with E-state index >= 15 is 0 Å². The molecule has 5 nitrogen and oxygen atoms in total. The van der Waals surface area contributed by atoms with Crippen LogP contribution in [0.2, 0.25) is 0 Å². The standard InChI is InChI=1S/C14H20N2O3/c1-14(16-2,8-13(15)17)6-5-10-3-4-11-12(7-10)19-9-18-11/h3-4,7,16H,5-6,8-9H2,1-2H3,(H2,15,17). The Morgan fingerprint density at radius 1 is 1.42 bits per heavy atom. The van der Waals surface area contributed by atoms with Crippen LogP contribution >= 0.6 is 0 Å². The van der Waals surface area contributed by atoms with Crippen molar-refractivity contribution in [2.24, 2.45) is 5.73 Å². The van der Waals surface area contributed by atoms with Crippen LogP contribution in [0.3, 0.4) is 0 Å². The Hall–Kier alpha value is -1.75. The lowest BCUT2D eigenvalue weighted by Gasteiger charge is -2.28. The van der Waals surface area contributed by atoms with Gasteiger partial charge in [-0.1, -0.05) is 6.07 Å². The molecule has 0 saturated carbocycles. The predicted octanol–water partition coefficient (Wildman–Crippen LogP) is 1.20. The van der Waals surface area contributed by atoms with Crippen molar-refractivity contribution in [3.8, 4) is 11.5 Å². The Kier molecular flexibility index (Phi) is 3.95. The highest BCUT2D eigenvalue weighted by Crippen LogP contribution is 2.33. The first kappa shape index (κ1) is 13.7. The third-order valence-corrected chi connectivity index (χ3v) is 3.57. The summed E-state index contributed by atoms with van der Waals surface area (Å²) in [6, 6.07) is 5.93. The molecule has 0 fully saturated rings. The van der Waals surface area contributed by atoms with E-state index in [0.717, 1.165) is 29.9 Å². The van der Waals surface area contributed by atoms with Gasteiger partial charge < -0.3 is 20.5 Å². The highest BCUT2D eigenvalue weighted by Gasteiger charge is 2.24. The summed E-state index contributed by atoms with van der Waals surface area (Å²) in [6.07, 6.45) is 2.00. The van der Waals surface area contributed by atoms with Crippen LogP contribution < -0.4 is 20.5 Å². The van der Waals surface area contributed by atoms with Crippen LogP contribution in [0.5, 0.6) is 11.5 Å². The minimum absolute atomic E-state index is 0.276. The maximum Gasteiger partial charge on any atom is 0.231 e. The molecule has 104 valence electrons. The van der Waals surface area contributed by atoms with Crippen molar-refractivity contribution in [1.82, 2.24) is 5.32 Å². The molecule has 2 rings (SSSR count). The fourth-order valence-electron chi connectivity index (χ4n) is 2.20. The number of carbonyl (C=O) groups excluding carboxylic acids is 1. The summed E-state index contributed by atoms with van der Waals surface area (Å²) in [5, 5.41) is 3.18. The van der Waals surface area contributed by atoms with Gasteiger partial charge in [-0.05, 0) is 44.5 Å². The second kappa shape index (κ2) is 5.48. The quantitative estimate of drug-likeness (QED) is 0.809. The molecule has 0 bridgehead atoms. The molecule has 5 heteroatoms. The van der Waals surface area contributed by atoms with Crippen molar-refractivity contribution < 1.29 is 14.3 Å². The highest BCUT2D eigenvalue weighted by atomic mass is 16.7. The van der Waals surface area contributed by atoms with E-state index in [1.54, 1.807) is 0 Å². The Bertz CT molecular complexity index is 476. The van der Waals surface area contributed by atoms with Gasteiger partial charge in [-0.3, -0.25) is 4.79 Å². The van der Waals surface area contributed by atoms with Crippen molar-refractivity contribution in [3.63, 3.8) is 0 Å². The molecule has 1 atom stereocenters. The Morgan fingerprint density at radius 2 is 2.16 bits per heavy atom. The second-order valence-corrected chi connectivity index (χ2v) is 5.14. The molecule has 0 radical (unpaired) electrons. The molecule has 0 spiro atoms. The number of primary amides is 1. The number of benzene rings is 1. The van der Waals surface area contributed by atoms with Crippen LogP contribution in [0.1, 0.15) is 25.3 Å². The number of aryl methyl sites for hydroxylation is 1. The topological polar surface area (TPSA) is 73.6 Å². The van der Waals surface area contributed by atoms with E-state index in [1.165, 1.54) is 0 Å². The summed E-state index contributed by atoms with van der Waals surface area (Å²) in [4.78, 5) is 11.1. The average Bonchev–Trinajstić information content (AvgIpc) is 2.83. The first-order valence-corrected chi connectivity index (χ1v) is 6.38. The smallest absolute Gasteiger partial charge is 0.231 e. The third kappa shape index (κ3) is 3.38. The number of carbonyl (C=O) groups is 1. The lowest BCUT2D eigenvalue weighted by molar-refractivity contribution is -0.119. The average molecular weight is 264 g/mol. The maximum absolute atomic E-state index is 11.1. The first-order chi connectivity index (χ1) is 9.02. The number of fused-ring (bicyclic) bond motifs is 1. The van der Waals surface area contributed by atoms with E-state index in [4.69, 9.17) is 15.2 Å². The number of nitrogens with two attached hydrogens (primary N) is 1. The summed E-state index contributed by atoms with van der Waals surface area (Å²) >= 11 is 0. The number of hydrogen-bond donors (Lipinski definition) is 2. The van der Waals surface area contributed by atoms with Gasteiger partial charge in [0.1, 0.15) is 0 Å². The summed E-state index contributed by atoms with van der Waals surface area (Å²) in [5.41, 5.74) is 6.17. The number of rotatable bonds is 6. The molecular formula is C14H20N2O3. The van der Waals surface area contributed by atoms with Gasteiger partial charge in [0.25, 0.3) is 0 Å². The molecule has 0 saturated heterocycles. The van der Waals surface area contributed by atoms with Crippen molar-refractivity contribution >= 4 is 5.91 Å². The lowest BCUT2D eigenvalue weighted by Crippen LogP contribution is -2.43. The summed E-state index contributed by atoms with van der Waals surface area (Å²) in [6.45, 7) is 2.29. The van der Waals surface area contributed by atoms with E-state index in [1.807, 2.05) is 32.2 Å². The van der Waals surface area contributed by atoms with Gasteiger partial charge in [-0.2, -0.15) is 0 Å². The number of ether oxygens (including phenoxy) is 2. The summed E-state index contributed by atoms with van der Waals surface area (Å²) < 4.78 is 10.6. The SMILES string of the molecule is CNC(C)(CCc1ccc2c(c1)OCO2)CC(N)=O. The minimum atomic E-state index is -0.289. The fourth-order valence-corrected chi connectivity index (χ4v) is 2.20. The largest absolute Gasteiger partial charge is 0.454 e. The molecule has 1 heterocycles. The van der Waals surface area contributed by atoms with Crippen LogP contribution in [0.25, 0.3) is 0 Å². The third-order valence-electron chi connectivity index (χ3n) is 3.57. The zero-order chi connectivity index (χ0) is 13.9. The number of amides is 1. The molecule has 1 unspecified atom stereocenters. The molecule has 1 amide bonds. The predicted molar refractivity (Wildman–Crippen MR) is 72.2 cm³/mol. The minimum Gasteiger partial charge on any atom is -0.454 e. The number of nitrogens with one attached hydrogen (secondary N) is 1. The van der Waals surface area contributed by atoms with Crippen molar-refractivity contribution in [3.05, 3.63) is 23.8 Å². The molecule has 19 heavy (non-hydrogen) atoms. The summed E-state index contributed by atoms with van der Waals surface area (Å²) in [7, 11) is 1.85. The molecule has 0 aromatic heterocycles. The normalized spacial score (nSPS) is 16.1. The van der Waals surface area contributed by atoms with E-state index in [9.17, 15) is 4.79 Å². The van der Waals surface area contributed by atoms with Gasteiger partial charge in [0.15, 0.2) is 11.5 Å². The van der Waals surface area contributed by atoms with E-state index in [-0.39, 0.29) is 18.2 Å². The molecule has 3 N–H and O–H groups in total. The van der Waals surface area contributed by atoms with Gasteiger partial charge in [0.2, 0.25) is 12.7 Å². The fraction of sp³-hybridized carbons (Fsp3) is 0.500. The Balaban J connectivity index is 1.99. The molecule has 1 aromatic rings. The zero-order valence-corrected chi connectivity index (χ0v) is 11.4. The van der Waals surface area contributed by atoms with E-state index in [2.05, 4.69) is 5.32 Å². The molecule has 1 aliphatic rings. The van der Waals surface area contributed by atoms with Gasteiger partial charge in [-0.15, -0.1) is 0 Å². The van der Waals surface area contributed by atoms with Crippen molar-refractivity contribution in [2.45, 2.75) is 31.7 Å². The Morgan fingerprint density at radius 3 is 2.84 bits per heavy atom. The molecule has 1 aliphatic heterocycles. The van der Waals surface area contributed by atoms with Crippen LogP contribution in [0.4, 0.5) is 0 Å². The monoisotopic (exact) mass is 264 g/mol. The molecule has 0 aliphatic carbocycles. The highest BCUT2D eigenvalue weighted by molar-refractivity contribution is 5.75. The molecular weight excluding hydrogens is 244 g/mol. The second-order valence-electron chi connectivity index (χ2n) is 5.14. The van der Waals surface area contributed by atoms with E-state index < -0.39 is 0 Å². The molecule has 1 aromatic carbocycles. The Labute approximate surface area is 113 Å². The van der Waals surface area contributed by atoms with Crippen LogP contribution in [0.15, 0.2) is 18.2 Å².